The monoisotopic (exact) mass is 276 g/mol. The zero-order valence-corrected chi connectivity index (χ0v) is 13.0. The number of hydrogen-bond donors (Lipinski definition) is 2. The van der Waals surface area contributed by atoms with Crippen LogP contribution in [0.4, 0.5) is 5.82 Å². The van der Waals surface area contributed by atoms with Crippen LogP contribution < -0.4 is 15.5 Å². The van der Waals surface area contributed by atoms with Gasteiger partial charge in [0.05, 0.1) is 0 Å². The predicted molar refractivity (Wildman–Crippen MR) is 85.2 cm³/mol. The van der Waals surface area contributed by atoms with Crippen molar-refractivity contribution in [1.29, 1.82) is 0 Å². The van der Waals surface area contributed by atoms with Gasteiger partial charge < -0.3 is 15.5 Å². The van der Waals surface area contributed by atoms with Gasteiger partial charge in [-0.25, -0.2) is 4.98 Å². The molecule has 112 valence electrons. The van der Waals surface area contributed by atoms with Crippen molar-refractivity contribution in [2.45, 2.75) is 45.2 Å². The number of hydrogen-bond acceptors (Lipinski definition) is 4. The van der Waals surface area contributed by atoms with Gasteiger partial charge in [0, 0.05) is 44.0 Å². The van der Waals surface area contributed by atoms with Gasteiger partial charge >= 0.3 is 0 Å². The van der Waals surface area contributed by atoms with Crippen molar-refractivity contribution in [2.24, 2.45) is 0 Å². The molecule has 0 radical (unpaired) electrons. The van der Waals surface area contributed by atoms with E-state index in [0.29, 0.717) is 6.04 Å². The summed E-state index contributed by atoms with van der Waals surface area (Å²) in [5.41, 5.74) is 0.212. The maximum absolute atomic E-state index is 4.43. The Bertz CT molecular complexity index is 377. The van der Waals surface area contributed by atoms with Crippen molar-refractivity contribution in [3.05, 3.63) is 24.4 Å². The fourth-order valence-electron chi connectivity index (χ4n) is 2.57. The van der Waals surface area contributed by atoms with Crippen LogP contribution in [0.3, 0.4) is 0 Å². The molecule has 1 aromatic rings. The van der Waals surface area contributed by atoms with E-state index >= 15 is 0 Å². The molecule has 0 aromatic carbocycles. The molecular weight excluding hydrogens is 248 g/mol. The summed E-state index contributed by atoms with van der Waals surface area (Å²) in [6, 6.07) is 6.78. The van der Waals surface area contributed by atoms with Gasteiger partial charge in [0.1, 0.15) is 5.82 Å². The number of nitrogens with zero attached hydrogens (tertiary/aromatic N) is 2. The van der Waals surface area contributed by atoms with Crippen LogP contribution >= 0.6 is 0 Å². The summed E-state index contributed by atoms with van der Waals surface area (Å²) in [6.07, 6.45) is 4.27. The second-order valence-electron chi connectivity index (χ2n) is 6.58. The molecule has 20 heavy (non-hydrogen) atoms. The molecule has 0 aliphatic carbocycles. The lowest BCUT2D eigenvalue weighted by Crippen LogP contribution is -2.46. The summed E-state index contributed by atoms with van der Waals surface area (Å²) in [5.74, 6) is 1.11. The van der Waals surface area contributed by atoms with Crippen LogP contribution in [-0.2, 0) is 0 Å². The molecule has 0 atom stereocenters. The van der Waals surface area contributed by atoms with Crippen molar-refractivity contribution in [1.82, 2.24) is 15.6 Å². The minimum absolute atomic E-state index is 0.212. The maximum atomic E-state index is 4.43. The van der Waals surface area contributed by atoms with E-state index in [1.54, 1.807) is 0 Å². The first kappa shape index (κ1) is 15.3. The van der Waals surface area contributed by atoms with E-state index in [2.05, 4.69) is 53.4 Å². The van der Waals surface area contributed by atoms with Crippen molar-refractivity contribution in [3.63, 3.8) is 0 Å². The zero-order chi connectivity index (χ0) is 14.4. The summed E-state index contributed by atoms with van der Waals surface area (Å²) in [7, 11) is 0. The number of pyridine rings is 1. The van der Waals surface area contributed by atoms with Gasteiger partial charge in [-0.2, -0.15) is 0 Å². The number of rotatable bonds is 5. The van der Waals surface area contributed by atoms with Crippen molar-refractivity contribution >= 4 is 5.82 Å². The minimum atomic E-state index is 0.212. The standard InChI is InChI=1S/C16H28N4/c1-16(2,3)19-11-10-17-14-7-12-20(13-8-14)15-6-4-5-9-18-15/h4-6,9,14,17,19H,7-8,10-13H2,1-3H3. The Hall–Kier alpha value is -1.13. The van der Waals surface area contributed by atoms with Crippen LogP contribution in [0, 0.1) is 0 Å². The van der Waals surface area contributed by atoms with E-state index in [1.165, 1.54) is 12.8 Å². The molecule has 0 unspecified atom stereocenters. The van der Waals surface area contributed by atoms with Gasteiger partial charge in [-0.3, -0.25) is 0 Å². The third-order valence-electron chi connectivity index (χ3n) is 3.68. The molecule has 0 spiro atoms. The Morgan fingerprint density at radius 2 is 1.95 bits per heavy atom. The first-order valence-electron chi connectivity index (χ1n) is 7.69. The lowest BCUT2D eigenvalue weighted by Gasteiger charge is -2.33. The second-order valence-corrected chi connectivity index (χ2v) is 6.58. The highest BCUT2D eigenvalue weighted by atomic mass is 15.2. The van der Waals surface area contributed by atoms with E-state index in [-0.39, 0.29) is 5.54 Å². The smallest absolute Gasteiger partial charge is 0.128 e. The van der Waals surface area contributed by atoms with Gasteiger partial charge in [0.15, 0.2) is 0 Å². The molecule has 2 heterocycles. The highest BCUT2D eigenvalue weighted by Gasteiger charge is 2.19. The van der Waals surface area contributed by atoms with Crippen molar-refractivity contribution in [2.75, 3.05) is 31.1 Å². The van der Waals surface area contributed by atoms with Crippen LogP contribution in [0.5, 0.6) is 0 Å². The number of nitrogens with one attached hydrogen (secondary N) is 2. The summed E-state index contributed by atoms with van der Waals surface area (Å²) >= 11 is 0. The van der Waals surface area contributed by atoms with E-state index < -0.39 is 0 Å². The normalized spacial score (nSPS) is 17.4. The van der Waals surface area contributed by atoms with Crippen LogP contribution in [-0.4, -0.2) is 42.7 Å². The zero-order valence-electron chi connectivity index (χ0n) is 13.0. The van der Waals surface area contributed by atoms with Crippen molar-refractivity contribution < 1.29 is 0 Å². The molecule has 4 nitrogen and oxygen atoms in total. The van der Waals surface area contributed by atoms with Gasteiger partial charge in [0.25, 0.3) is 0 Å². The molecule has 1 fully saturated rings. The maximum Gasteiger partial charge on any atom is 0.128 e. The minimum Gasteiger partial charge on any atom is -0.357 e. The SMILES string of the molecule is CC(C)(C)NCCNC1CCN(c2ccccn2)CC1. The van der Waals surface area contributed by atoms with Gasteiger partial charge in [-0.1, -0.05) is 6.07 Å². The number of anilines is 1. The molecule has 2 rings (SSSR count). The number of aromatic nitrogens is 1. The Balaban J connectivity index is 1.65. The number of piperidine rings is 1. The van der Waals surface area contributed by atoms with Crippen LogP contribution in [0.2, 0.25) is 0 Å². The third kappa shape index (κ3) is 5.10. The quantitative estimate of drug-likeness (QED) is 0.807. The third-order valence-corrected chi connectivity index (χ3v) is 3.68. The fraction of sp³-hybridized carbons (Fsp3) is 0.688. The first-order valence-corrected chi connectivity index (χ1v) is 7.69. The predicted octanol–water partition coefficient (Wildman–Crippen LogP) is 2.03. The van der Waals surface area contributed by atoms with Crippen LogP contribution in [0.15, 0.2) is 24.4 Å². The molecule has 1 aliphatic rings. The van der Waals surface area contributed by atoms with Crippen LogP contribution in [0.25, 0.3) is 0 Å². The van der Waals surface area contributed by atoms with E-state index in [9.17, 15) is 0 Å². The van der Waals surface area contributed by atoms with E-state index in [0.717, 1.165) is 32.0 Å². The average molecular weight is 276 g/mol. The van der Waals surface area contributed by atoms with Gasteiger partial charge in [-0.05, 0) is 45.7 Å². The van der Waals surface area contributed by atoms with Gasteiger partial charge in [0.2, 0.25) is 0 Å². The lowest BCUT2D eigenvalue weighted by molar-refractivity contribution is 0.382. The molecular formula is C16H28N4. The summed E-state index contributed by atoms with van der Waals surface area (Å²) in [6.45, 7) is 10.9. The molecule has 2 N–H and O–H groups in total. The molecule has 1 saturated heterocycles. The topological polar surface area (TPSA) is 40.2 Å². The first-order chi connectivity index (χ1) is 9.54. The average Bonchev–Trinajstić information content (AvgIpc) is 2.44. The Kier molecular flexibility index (Phi) is 5.38. The Morgan fingerprint density at radius 3 is 2.55 bits per heavy atom. The highest BCUT2D eigenvalue weighted by molar-refractivity contribution is 5.38. The summed E-state index contributed by atoms with van der Waals surface area (Å²) in [5, 5.41) is 7.17. The van der Waals surface area contributed by atoms with Gasteiger partial charge in [-0.15, -0.1) is 0 Å². The van der Waals surface area contributed by atoms with Crippen molar-refractivity contribution in [3.8, 4) is 0 Å². The largest absolute Gasteiger partial charge is 0.357 e. The second kappa shape index (κ2) is 7.04. The Morgan fingerprint density at radius 1 is 1.20 bits per heavy atom. The fourth-order valence-corrected chi connectivity index (χ4v) is 2.57. The highest BCUT2D eigenvalue weighted by Crippen LogP contribution is 2.16. The van der Waals surface area contributed by atoms with E-state index in [1.807, 2.05) is 12.3 Å². The summed E-state index contributed by atoms with van der Waals surface area (Å²) in [4.78, 5) is 6.81. The molecule has 4 heteroatoms. The van der Waals surface area contributed by atoms with E-state index in [4.69, 9.17) is 0 Å². The molecule has 0 amide bonds. The molecule has 1 aromatic heterocycles. The lowest BCUT2D eigenvalue weighted by atomic mass is 10.0. The summed E-state index contributed by atoms with van der Waals surface area (Å²) < 4.78 is 0. The molecule has 1 aliphatic heterocycles. The molecule has 0 saturated carbocycles. The van der Waals surface area contributed by atoms with Crippen LogP contribution in [0.1, 0.15) is 33.6 Å². The Labute approximate surface area is 123 Å². The molecule has 0 bridgehead atoms.